The Balaban J connectivity index is 1.17. The number of rotatable bonds is 6. The smallest absolute Gasteiger partial charge is 0.241 e. The monoisotopic (exact) mass is 692 g/mol. The molecule has 4 aromatic rings. The molecule has 11 heteroatoms. The normalized spacial score (nSPS) is 27.3. The van der Waals surface area contributed by atoms with Crippen LogP contribution in [0.2, 0.25) is 5.02 Å². The van der Waals surface area contributed by atoms with Crippen molar-refractivity contribution < 1.29 is 37.9 Å². The van der Waals surface area contributed by atoms with Crippen molar-refractivity contribution in [2.45, 2.75) is 32.3 Å². The van der Waals surface area contributed by atoms with Gasteiger partial charge in [-0.05, 0) is 80.3 Å². The fourth-order valence-corrected chi connectivity index (χ4v) is 8.77. The van der Waals surface area contributed by atoms with Crippen molar-refractivity contribution in [3.63, 3.8) is 0 Å². The Labute approximate surface area is 290 Å². The van der Waals surface area contributed by atoms with Crippen LogP contribution in [0.5, 0.6) is 0 Å². The quantitative estimate of drug-likeness (QED) is 0.144. The van der Waals surface area contributed by atoms with Crippen LogP contribution in [0.25, 0.3) is 0 Å². The van der Waals surface area contributed by atoms with Crippen LogP contribution in [-0.4, -0.2) is 34.5 Å². The standard InChI is InChI=1S/C39H30ClFN2O7/c1-39-28(36(47)43(38(39)49)23-11-15-30(41)29(40)17-23)18-27-25(33(39)31-16-12-24(19-44)50-31)13-14-26-32(27)37(48)42(35(26)46)22-9-7-21(8-10-22)34(45)20-5-3-2-4-6-20/h2-13,15-17,26-28,32-33,44H,14,18-19H2,1H3. The Morgan fingerprint density at radius 1 is 0.880 bits per heavy atom. The minimum atomic E-state index is -1.37. The number of carbonyl (C=O) groups excluding carboxylic acids is 5. The molecule has 1 aromatic heterocycles. The third-order valence-corrected chi connectivity index (χ3v) is 11.3. The third-order valence-electron chi connectivity index (χ3n) is 11.0. The molecule has 252 valence electrons. The number of imide groups is 2. The maximum absolute atomic E-state index is 14.4. The molecule has 3 heterocycles. The van der Waals surface area contributed by atoms with Gasteiger partial charge in [-0.3, -0.25) is 28.9 Å². The predicted octanol–water partition coefficient (Wildman–Crippen LogP) is 6.23. The van der Waals surface area contributed by atoms with Gasteiger partial charge in [0.15, 0.2) is 5.78 Å². The first-order chi connectivity index (χ1) is 24.0. The maximum atomic E-state index is 14.4. The molecule has 0 bridgehead atoms. The van der Waals surface area contributed by atoms with Gasteiger partial charge in [0.25, 0.3) is 0 Å². The summed E-state index contributed by atoms with van der Waals surface area (Å²) in [6.07, 6.45) is 2.23. The van der Waals surface area contributed by atoms with Crippen LogP contribution in [0.3, 0.4) is 0 Å². The van der Waals surface area contributed by atoms with Crippen molar-refractivity contribution in [1.82, 2.24) is 0 Å². The first-order valence-corrected chi connectivity index (χ1v) is 16.7. The number of carbonyl (C=O) groups is 5. The summed E-state index contributed by atoms with van der Waals surface area (Å²) in [5.74, 6) is -5.94. The molecule has 0 radical (unpaired) electrons. The molecule has 3 fully saturated rings. The van der Waals surface area contributed by atoms with Crippen LogP contribution in [0, 0.1) is 34.9 Å². The Bertz CT molecular complexity index is 2140. The van der Waals surface area contributed by atoms with Crippen molar-refractivity contribution in [2.24, 2.45) is 29.1 Å². The highest BCUT2D eigenvalue weighted by Crippen LogP contribution is 2.64. The largest absolute Gasteiger partial charge is 0.463 e. The number of hydrogen-bond acceptors (Lipinski definition) is 7. The number of amides is 4. The molecule has 6 atom stereocenters. The topological polar surface area (TPSA) is 125 Å². The molecule has 4 aliphatic rings. The molecule has 4 amide bonds. The molecular formula is C39H30ClFN2O7. The van der Waals surface area contributed by atoms with Crippen molar-refractivity contribution in [2.75, 3.05) is 9.80 Å². The second-order valence-electron chi connectivity index (χ2n) is 13.5. The molecule has 3 aromatic carbocycles. The lowest BCUT2D eigenvalue weighted by Gasteiger charge is -2.48. The summed E-state index contributed by atoms with van der Waals surface area (Å²) in [5, 5.41) is 9.56. The second kappa shape index (κ2) is 11.7. The SMILES string of the molecule is CC12C(=O)N(c3ccc(F)c(Cl)c3)C(=O)C1CC1C(=CCC3C(=O)N(c4ccc(C(=O)c5ccccc5)cc4)C(=O)C31)C2c1ccc(CO)o1. The molecule has 1 N–H and O–H groups in total. The molecule has 2 saturated heterocycles. The van der Waals surface area contributed by atoms with Gasteiger partial charge in [0.05, 0.1) is 45.5 Å². The average Bonchev–Trinajstić information content (AvgIpc) is 3.76. The van der Waals surface area contributed by atoms with E-state index in [9.17, 15) is 33.5 Å². The highest BCUT2D eigenvalue weighted by molar-refractivity contribution is 6.32. The van der Waals surface area contributed by atoms with Gasteiger partial charge in [-0.25, -0.2) is 9.29 Å². The summed E-state index contributed by atoms with van der Waals surface area (Å²) in [6.45, 7) is 1.31. The van der Waals surface area contributed by atoms with Crippen molar-refractivity contribution in [1.29, 1.82) is 0 Å². The summed E-state index contributed by atoms with van der Waals surface area (Å²) in [5.41, 5.74) is 0.731. The van der Waals surface area contributed by atoms with Gasteiger partial charge in [-0.1, -0.05) is 53.6 Å². The van der Waals surface area contributed by atoms with E-state index in [-0.39, 0.29) is 47.6 Å². The first kappa shape index (κ1) is 32.0. The number of benzene rings is 3. The van der Waals surface area contributed by atoms with Gasteiger partial charge in [0.1, 0.15) is 23.9 Å². The number of fused-ring (bicyclic) bond motifs is 4. The fraction of sp³-hybridized carbons (Fsp3) is 0.256. The van der Waals surface area contributed by atoms with E-state index >= 15 is 0 Å². The van der Waals surface area contributed by atoms with E-state index in [2.05, 4.69) is 0 Å². The third kappa shape index (κ3) is 4.58. The number of allylic oxidation sites excluding steroid dienone is 2. The molecule has 1 saturated carbocycles. The van der Waals surface area contributed by atoms with Gasteiger partial charge in [-0.15, -0.1) is 0 Å². The number of nitrogens with zero attached hydrogens (tertiary/aromatic N) is 2. The molecule has 8 rings (SSSR count). The number of aliphatic hydroxyl groups excluding tert-OH is 1. The molecule has 6 unspecified atom stereocenters. The molecule has 50 heavy (non-hydrogen) atoms. The van der Waals surface area contributed by atoms with Gasteiger partial charge in [0, 0.05) is 11.1 Å². The van der Waals surface area contributed by atoms with Gasteiger partial charge in [-0.2, -0.15) is 0 Å². The summed E-state index contributed by atoms with van der Waals surface area (Å²) in [4.78, 5) is 72.2. The van der Waals surface area contributed by atoms with Crippen LogP contribution in [0.1, 0.15) is 53.1 Å². The fourth-order valence-electron chi connectivity index (χ4n) is 8.59. The van der Waals surface area contributed by atoms with Crippen molar-refractivity contribution >= 4 is 52.4 Å². The minimum absolute atomic E-state index is 0.112. The van der Waals surface area contributed by atoms with E-state index in [4.69, 9.17) is 16.0 Å². The Morgan fingerprint density at radius 3 is 2.26 bits per heavy atom. The summed E-state index contributed by atoms with van der Waals surface area (Å²) in [6, 6.07) is 22.0. The van der Waals surface area contributed by atoms with E-state index in [1.807, 2.05) is 12.1 Å². The lowest BCUT2D eigenvalue weighted by molar-refractivity contribution is -0.131. The number of hydrogen-bond donors (Lipinski definition) is 1. The first-order valence-electron chi connectivity index (χ1n) is 16.3. The summed E-state index contributed by atoms with van der Waals surface area (Å²) in [7, 11) is 0. The van der Waals surface area contributed by atoms with Crippen molar-refractivity contribution in [3.8, 4) is 0 Å². The number of halogens is 2. The van der Waals surface area contributed by atoms with E-state index in [0.29, 0.717) is 22.6 Å². The lowest BCUT2D eigenvalue weighted by atomic mass is 9.52. The van der Waals surface area contributed by atoms with Gasteiger partial charge >= 0.3 is 0 Å². The lowest BCUT2D eigenvalue weighted by Crippen LogP contribution is -2.48. The van der Waals surface area contributed by atoms with Crippen LogP contribution < -0.4 is 9.80 Å². The highest BCUT2D eigenvalue weighted by Gasteiger charge is 2.68. The summed E-state index contributed by atoms with van der Waals surface area (Å²) < 4.78 is 20.1. The number of aliphatic hydroxyl groups is 1. The van der Waals surface area contributed by atoms with E-state index in [1.165, 1.54) is 12.1 Å². The zero-order valence-electron chi connectivity index (χ0n) is 26.7. The summed E-state index contributed by atoms with van der Waals surface area (Å²) >= 11 is 6.06. The molecule has 0 spiro atoms. The molecular weight excluding hydrogens is 663 g/mol. The predicted molar refractivity (Wildman–Crippen MR) is 179 cm³/mol. The van der Waals surface area contributed by atoms with E-state index < -0.39 is 58.5 Å². The molecule has 9 nitrogen and oxygen atoms in total. The maximum Gasteiger partial charge on any atom is 0.241 e. The zero-order valence-corrected chi connectivity index (χ0v) is 27.5. The van der Waals surface area contributed by atoms with Crippen LogP contribution in [0.15, 0.2) is 101 Å². The molecule has 2 aliphatic heterocycles. The van der Waals surface area contributed by atoms with Gasteiger partial charge < -0.3 is 9.52 Å². The Kier molecular flexibility index (Phi) is 7.50. The minimum Gasteiger partial charge on any atom is -0.463 e. The highest BCUT2D eigenvalue weighted by atomic mass is 35.5. The Hall–Kier alpha value is -5.19. The Morgan fingerprint density at radius 2 is 1.58 bits per heavy atom. The van der Waals surface area contributed by atoms with Crippen LogP contribution in [-0.2, 0) is 25.8 Å². The van der Waals surface area contributed by atoms with Crippen molar-refractivity contribution in [3.05, 3.63) is 130 Å². The zero-order chi connectivity index (χ0) is 35.1. The average molecular weight is 693 g/mol. The van der Waals surface area contributed by atoms with E-state index in [1.54, 1.807) is 67.6 Å². The van der Waals surface area contributed by atoms with Crippen LogP contribution in [0.4, 0.5) is 15.8 Å². The molecule has 2 aliphatic carbocycles. The number of furan rings is 1. The second-order valence-corrected chi connectivity index (χ2v) is 13.9. The van der Waals surface area contributed by atoms with Crippen LogP contribution >= 0.6 is 11.6 Å². The van der Waals surface area contributed by atoms with Gasteiger partial charge in [0.2, 0.25) is 23.6 Å². The number of anilines is 2. The number of ketones is 1. The van der Waals surface area contributed by atoms with E-state index in [0.717, 1.165) is 21.4 Å².